The van der Waals surface area contributed by atoms with Crippen LogP contribution >= 0.6 is 11.3 Å². The third kappa shape index (κ3) is 3.17. The summed E-state index contributed by atoms with van der Waals surface area (Å²) in [5.41, 5.74) is 2.08. The number of ether oxygens (including phenoxy) is 1. The van der Waals surface area contributed by atoms with Gasteiger partial charge in [0.25, 0.3) is 5.91 Å². The van der Waals surface area contributed by atoms with Crippen molar-refractivity contribution >= 4 is 22.9 Å². The second-order valence-electron chi connectivity index (χ2n) is 5.79. The van der Waals surface area contributed by atoms with Crippen molar-refractivity contribution in [2.24, 2.45) is 5.92 Å². The van der Waals surface area contributed by atoms with E-state index in [2.05, 4.69) is 18.3 Å². The highest BCUT2D eigenvalue weighted by Gasteiger charge is 2.21. The number of rotatable bonds is 4. The number of aryl methyl sites for hydroxylation is 1. The van der Waals surface area contributed by atoms with Crippen molar-refractivity contribution < 1.29 is 9.53 Å². The summed E-state index contributed by atoms with van der Waals surface area (Å²) in [4.78, 5) is 14.7. The Labute approximate surface area is 135 Å². The Hall–Kier alpha value is -1.81. The van der Waals surface area contributed by atoms with Crippen LogP contribution in [-0.4, -0.2) is 12.5 Å². The minimum atomic E-state index is -0.0424. The molecule has 0 spiro atoms. The highest BCUT2D eigenvalue weighted by atomic mass is 32.1. The topological polar surface area (TPSA) is 38.3 Å². The Balaban J connectivity index is 1.78. The van der Waals surface area contributed by atoms with Gasteiger partial charge in [0.1, 0.15) is 5.75 Å². The zero-order valence-corrected chi connectivity index (χ0v) is 13.8. The van der Waals surface area contributed by atoms with Crippen LogP contribution in [0.25, 0.3) is 0 Å². The molecule has 3 rings (SSSR count). The molecule has 1 aromatic carbocycles. The lowest BCUT2D eigenvalue weighted by Crippen LogP contribution is -2.11. The minimum absolute atomic E-state index is 0.0424. The van der Waals surface area contributed by atoms with Crippen LogP contribution in [-0.2, 0) is 12.8 Å². The molecule has 0 fully saturated rings. The van der Waals surface area contributed by atoms with Crippen molar-refractivity contribution in [2.45, 2.75) is 33.1 Å². The maximum Gasteiger partial charge on any atom is 0.265 e. The number of hydrogen-bond donors (Lipinski definition) is 1. The smallest absolute Gasteiger partial charge is 0.265 e. The highest BCUT2D eigenvalue weighted by Crippen LogP contribution is 2.33. The summed E-state index contributed by atoms with van der Waals surface area (Å²) in [7, 11) is 0. The first-order chi connectivity index (χ1) is 10.7. The summed E-state index contributed by atoms with van der Waals surface area (Å²) >= 11 is 1.63. The minimum Gasteiger partial charge on any atom is -0.492 e. The molecule has 22 heavy (non-hydrogen) atoms. The van der Waals surface area contributed by atoms with Crippen molar-refractivity contribution in [2.75, 3.05) is 11.9 Å². The Morgan fingerprint density at radius 3 is 3.05 bits per heavy atom. The van der Waals surface area contributed by atoms with Gasteiger partial charge in [-0.15, -0.1) is 11.3 Å². The molecule has 0 aliphatic heterocycles. The molecule has 1 N–H and O–H groups in total. The lowest BCUT2D eigenvalue weighted by Gasteiger charge is -2.16. The standard InChI is InChI=1S/C18H21NO2S/c1-3-21-15-7-5-4-6-14(15)19-18(20)17-11-13-10-12(2)8-9-16(13)22-17/h4-7,11-12H,3,8-10H2,1-2H3,(H,19,20)/t12-/m1/s1. The van der Waals surface area contributed by atoms with Crippen molar-refractivity contribution in [1.29, 1.82) is 0 Å². The summed E-state index contributed by atoms with van der Waals surface area (Å²) in [5.74, 6) is 1.39. The number of carbonyl (C=O) groups is 1. The van der Waals surface area contributed by atoms with Crippen LogP contribution in [0.1, 0.15) is 40.4 Å². The van der Waals surface area contributed by atoms with E-state index >= 15 is 0 Å². The Bertz CT molecular complexity index is 677. The lowest BCUT2D eigenvalue weighted by molar-refractivity contribution is 0.103. The third-order valence-electron chi connectivity index (χ3n) is 3.99. The van der Waals surface area contributed by atoms with Gasteiger partial charge in [-0.1, -0.05) is 19.1 Å². The Morgan fingerprint density at radius 1 is 1.41 bits per heavy atom. The maximum absolute atomic E-state index is 12.5. The number of anilines is 1. The average molecular weight is 315 g/mol. The number of hydrogen-bond acceptors (Lipinski definition) is 3. The van der Waals surface area contributed by atoms with Crippen LogP contribution in [0.5, 0.6) is 5.75 Å². The van der Waals surface area contributed by atoms with Gasteiger partial charge in [-0.05, 0) is 55.9 Å². The first kappa shape index (κ1) is 15.1. The third-order valence-corrected chi connectivity index (χ3v) is 5.22. The fourth-order valence-electron chi connectivity index (χ4n) is 2.85. The van der Waals surface area contributed by atoms with Gasteiger partial charge >= 0.3 is 0 Å². The van der Waals surface area contributed by atoms with Crippen LogP contribution in [0.2, 0.25) is 0 Å². The SMILES string of the molecule is CCOc1ccccc1NC(=O)c1cc2c(s1)CC[C@@H](C)C2. The van der Waals surface area contributed by atoms with Crippen LogP contribution in [0, 0.1) is 5.92 Å². The van der Waals surface area contributed by atoms with E-state index in [1.807, 2.05) is 31.2 Å². The Morgan fingerprint density at radius 2 is 2.23 bits per heavy atom. The van der Waals surface area contributed by atoms with Gasteiger partial charge in [-0.25, -0.2) is 0 Å². The number of nitrogens with one attached hydrogen (secondary N) is 1. The van der Waals surface area contributed by atoms with Crippen molar-refractivity contribution in [3.8, 4) is 5.75 Å². The number of fused-ring (bicyclic) bond motifs is 1. The van der Waals surface area contributed by atoms with Gasteiger partial charge in [0.05, 0.1) is 17.2 Å². The average Bonchev–Trinajstić information content (AvgIpc) is 2.92. The number of thiophene rings is 1. The molecule has 116 valence electrons. The summed E-state index contributed by atoms with van der Waals surface area (Å²) < 4.78 is 5.56. The molecule has 1 aromatic heterocycles. The van der Waals surface area contributed by atoms with E-state index in [1.165, 1.54) is 16.9 Å². The summed E-state index contributed by atoms with van der Waals surface area (Å²) in [6.07, 6.45) is 3.42. The van der Waals surface area contributed by atoms with Gasteiger partial charge in [-0.3, -0.25) is 4.79 Å². The van der Waals surface area contributed by atoms with Crippen LogP contribution in [0.15, 0.2) is 30.3 Å². The van der Waals surface area contributed by atoms with Gasteiger partial charge in [-0.2, -0.15) is 0 Å². The molecule has 0 bridgehead atoms. The first-order valence-electron chi connectivity index (χ1n) is 7.82. The van der Waals surface area contributed by atoms with Crippen LogP contribution in [0.4, 0.5) is 5.69 Å². The fourth-order valence-corrected chi connectivity index (χ4v) is 3.96. The van der Waals surface area contributed by atoms with E-state index in [0.717, 1.165) is 29.3 Å². The van der Waals surface area contributed by atoms with E-state index in [9.17, 15) is 4.79 Å². The molecular weight excluding hydrogens is 294 g/mol. The zero-order chi connectivity index (χ0) is 15.5. The van der Waals surface area contributed by atoms with E-state index in [-0.39, 0.29) is 5.91 Å². The molecule has 0 radical (unpaired) electrons. The van der Waals surface area contributed by atoms with E-state index in [4.69, 9.17) is 4.74 Å². The fraction of sp³-hybridized carbons (Fsp3) is 0.389. The monoisotopic (exact) mass is 315 g/mol. The zero-order valence-electron chi connectivity index (χ0n) is 13.0. The summed E-state index contributed by atoms with van der Waals surface area (Å²) in [5, 5.41) is 2.98. The van der Waals surface area contributed by atoms with E-state index in [1.54, 1.807) is 11.3 Å². The van der Waals surface area contributed by atoms with Gasteiger partial charge in [0.2, 0.25) is 0 Å². The molecule has 1 aliphatic rings. The van der Waals surface area contributed by atoms with Crippen molar-refractivity contribution in [1.82, 2.24) is 0 Å². The van der Waals surface area contributed by atoms with Gasteiger partial charge in [0.15, 0.2) is 0 Å². The first-order valence-corrected chi connectivity index (χ1v) is 8.63. The molecule has 1 aliphatic carbocycles. The number of benzene rings is 1. The molecule has 1 amide bonds. The lowest BCUT2D eigenvalue weighted by atomic mass is 9.90. The van der Waals surface area contributed by atoms with Crippen LogP contribution < -0.4 is 10.1 Å². The summed E-state index contributed by atoms with van der Waals surface area (Å²) in [6, 6.07) is 9.62. The number of amides is 1. The number of para-hydroxylation sites is 2. The van der Waals surface area contributed by atoms with Crippen molar-refractivity contribution in [3.05, 3.63) is 45.6 Å². The second kappa shape index (κ2) is 6.53. The quantitative estimate of drug-likeness (QED) is 0.900. The molecule has 3 nitrogen and oxygen atoms in total. The predicted octanol–water partition coefficient (Wildman–Crippen LogP) is 4.52. The highest BCUT2D eigenvalue weighted by molar-refractivity contribution is 7.14. The van der Waals surface area contributed by atoms with Crippen LogP contribution in [0.3, 0.4) is 0 Å². The number of carbonyl (C=O) groups excluding carboxylic acids is 1. The maximum atomic E-state index is 12.5. The molecule has 1 atom stereocenters. The largest absolute Gasteiger partial charge is 0.492 e. The molecule has 2 aromatic rings. The van der Waals surface area contributed by atoms with E-state index < -0.39 is 0 Å². The van der Waals surface area contributed by atoms with Gasteiger partial charge < -0.3 is 10.1 Å². The molecule has 4 heteroatoms. The summed E-state index contributed by atoms with van der Waals surface area (Å²) in [6.45, 7) is 4.80. The normalized spacial score (nSPS) is 16.9. The predicted molar refractivity (Wildman–Crippen MR) is 91.1 cm³/mol. The van der Waals surface area contributed by atoms with E-state index in [0.29, 0.717) is 12.4 Å². The molecule has 1 heterocycles. The second-order valence-corrected chi connectivity index (χ2v) is 6.93. The van der Waals surface area contributed by atoms with Gasteiger partial charge in [0, 0.05) is 4.88 Å². The Kier molecular flexibility index (Phi) is 4.48. The molecule has 0 saturated heterocycles. The molecule has 0 saturated carbocycles. The van der Waals surface area contributed by atoms with Crippen molar-refractivity contribution in [3.63, 3.8) is 0 Å². The molecule has 0 unspecified atom stereocenters. The molecular formula is C18H21NO2S.